The summed E-state index contributed by atoms with van der Waals surface area (Å²) in [5.41, 5.74) is 3.35. The quantitative estimate of drug-likeness (QED) is 0.430. The van der Waals surface area contributed by atoms with E-state index in [9.17, 15) is 9.90 Å². The molecule has 1 aromatic heterocycles. The molecule has 142 valence electrons. The predicted octanol–water partition coefficient (Wildman–Crippen LogP) is 5.82. The predicted molar refractivity (Wildman–Crippen MR) is 115 cm³/mol. The van der Waals surface area contributed by atoms with E-state index < -0.39 is 11.4 Å². The molecule has 0 aliphatic heterocycles. The van der Waals surface area contributed by atoms with Gasteiger partial charge in [0, 0.05) is 11.2 Å². The second-order valence-electron chi connectivity index (χ2n) is 6.73. The van der Waals surface area contributed by atoms with Crippen LogP contribution in [0.1, 0.15) is 32.7 Å². The summed E-state index contributed by atoms with van der Waals surface area (Å²) in [5.74, 6) is -1.05. The van der Waals surface area contributed by atoms with Crippen LogP contribution in [0.3, 0.4) is 0 Å². The van der Waals surface area contributed by atoms with E-state index in [0.29, 0.717) is 5.02 Å². The van der Waals surface area contributed by atoms with Crippen molar-refractivity contribution in [2.75, 3.05) is 0 Å². The van der Waals surface area contributed by atoms with E-state index in [1.54, 1.807) is 12.3 Å². The van der Waals surface area contributed by atoms with Crippen molar-refractivity contribution in [1.82, 2.24) is 4.98 Å². The standard InChI is InChI=1S/C25H18ClNO2/c26-22-14-11-20(12-15-22)25(18-7-3-1-4-8-18,19-9-5-2-6-10-19)21-13-16-23(24(28)29)27-17-21/h1-17H,(H,28,29). The molecule has 1 N–H and O–H groups in total. The third-order valence-electron chi connectivity index (χ3n) is 5.11. The van der Waals surface area contributed by atoms with Crippen LogP contribution in [0, 0.1) is 0 Å². The Bertz CT molecular complexity index is 1070. The summed E-state index contributed by atoms with van der Waals surface area (Å²) in [6.45, 7) is 0. The summed E-state index contributed by atoms with van der Waals surface area (Å²) in [4.78, 5) is 15.5. The van der Waals surface area contributed by atoms with E-state index in [1.807, 2.05) is 66.7 Å². The lowest BCUT2D eigenvalue weighted by molar-refractivity contribution is 0.0690. The number of nitrogens with zero attached hydrogens (tertiary/aromatic N) is 1. The zero-order chi connectivity index (χ0) is 20.3. The molecule has 0 bridgehead atoms. The SMILES string of the molecule is O=C(O)c1ccc(C(c2ccccc2)(c2ccccc2)c2ccc(Cl)cc2)cn1. The summed E-state index contributed by atoms with van der Waals surface area (Å²) in [6.07, 6.45) is 1.65. The number of aromatic carboxylic acids is 1. The minimum absolute atomic E-state index is 0.0138. The highest BCUT2D eigenvalue weighted by molar-refractivity contribution is 6.30. The zero-order valence-corrected chi connectivity index (χ0v) is 16.3. The average Bonchev–Trinajstić information content (AvgIpc) is 2.77. The molecule has 0 amide bonds. The van der Waals surface area contributed by atoms with Gasteiger partial charge in [-0.05, 0) is 40.5 Å². The third-order valence-corrected chi connectivity index (χ3v) is 5.36. The molecule has 0 atom stereocenters. The van der Waals surface area contributed by atoms with Crippen molar-refractivity contribution in [2.24, 2.45) is 0 Å². The summed E-state index contributed by atoms with van der Waals surface area (Å²) in [7, 11) is 0. The first-order valence-corrected chi connectivity index (χ1v) is 9.57. The molecule has 1 heterocycles. The van der Waals surface area contributed by atoms with Crippen LogP contribution >= 0.6 is 11.6 Å². The van der Waals surface area contributed by atoms with Crippen molar-refractivity contribution >= 4 is 17.6 Å². The van der Waals surface area contributed by atoms with Crippen LogP contribution in [0.15, 0.2) is 103 Å². The van der Waals surface area contributed by atoms with E-state index in [2.05, 4.69) is 29.2 Å². The van der Waals surface area contributed by atoms with Gasteiger partial charge in [-0.1, -0.05) is 90.5 Å². The fourth-order valence-corrected chi connectivity index (χ4v) is 3.94. The fourth-order valence-electron chi connectivity index (χ4n) is 3.82. The lowest BCUT2D eigenvalue weighted by Crippen LogP contribution is -2.31. The van der Waals surface area contributed by atoms with Crippen LogP contribution in [0.2, 0.25) is 5.02 Å². The number of pyridine rings is 1. The van der Waals surface area contributed by atoms with Gasteiger partial charge < -0.3 is 5.11 Å². The molecule has 4 rings (SSSR count). The number of carboxylic acid groups (broad SMARTS) is 1. The van der Waals surface area contributed by atoms with Crippen molar-refractivity contribution in [3.63, 3.8) is 0 Å². The molecule has 0 unspecified atom stereocenters. The number of aromatic nitrogens is 1. The molecular formula is C25H18ClNO2. The minimum Gasteiger partial charge on any atom is -0.477 e. The van der Waals surface area contributed by atoms with Crippen LogP contribution in [-0.4, -0.2) is 16.1 Å². The highest BCUT2D eigenvalue weighted by atomic mass is 35.5. The van der Waals surface area contributed by atoms with E-state index in [4.69, 9.17) is 11.6 Å². The van der Waals surface area contributed by atoms with Gasteiger partial charge in [0.2, 0.25) is 0 Å². The van der Waals surface area contributed by atoms with E-state index in [0.717, 1.165) is 22.3 Å². The molecule has 29 heavy (non-hydrogen) atoms. The van der Waals surface area contributed by atoms with Gasteiger partial charge in [-0.25, -0.2) is 9.78 Å². The van der Waals surface area contributed by atoms with Crippen LogP contribution in [0.25, 0.3) is 0 Å². The van der Waals surface area contributed by atoms with Crippen molar-refractivity contribution in [3.05, 3.63) is 136 Å². The highest BCUT2D eigenvalue weighted by Crippen LogP contribution is 2.45. The lowest BCUT2D eigenvalue weighted by Gasteiger charge is -2.36. The Balaban J connectivity index is 2.08. The van der Waals surface area contributed by atoms with Gasteiger partial charge in [-0.3, -0.25) is 0 Å². The van der Waals surface area contributed by atoms with Gasteiger partial charge in [-0.2, -0.15) is 0 Å². The maximum Gasteiger partial charge on any atom is 0.354 e. The normalized spacial score (nSPS) is 11.2. The van der Waals surface area contributed by atoms with Crippen LogP contribution in [0.4, 0.5) is 0 Å². The molecular weight excluding hydrogens is 382 g/mol. The minimum atomic E-state index is -1.05. The molecule has 0 aliphatic rings. The maximum absolute atomic E-state index is 11.3. The highest BCUT2D eigenvalue weighted by Gasteiger charge is 2.38. The first-order chi connectivity index (χ1) is 14.1. The van der Waals surface area contributed by atoms with Gasteiger partial charge in [-0.15, -0.1) is 0 Å². The second kappa shape index (κ2) is 7.90. The van der Waals surface area contributed by atoms with Crippen LogP contribution in [-0.2, 0) is 5.41 Å². The number of benzene rings is 3. The van der Waals surface area contributed by atoms with Crippen LogP contribution in [0.5, 0.6) is 0 Å². The second-order valence-corrected chi connectivity index (χ2v) is 7.16. The van der Waals surface area contributed by atoms with Crippen molar-refractivity contribution in [1.29, 1.82) is 0 Å². The Morgan fingerprint density at radius 3 is 1.62 bits per heavy atom. The Morgan fingerprint density at radius 2 is 1.17 bits per heavy atom. The van der Waals surface area contributed by atoms with Gasteiger partial charge in [0.25, 0.3) is 0 Å². The van der Waals surface area contributed by atoms with Crippen molar-refractivity contribution < 1.29 is 9.90 Å². The smallest absolute Gasteiger partial charge is 0.354 e. The van der Waals surface area contributed by atoms with E-state index >= 15 is 0 Å². The first kappa shape index (κ1) is 18.9. The number of rotatable bonds is 5. The van der Waals surface area contributed by atoms with Gasteiger partial charge in [0.05, 0.1) is 5.41 Å². The zero-order valence-electron chi connectivity index (χ0n) is 15.5. The lowest BCUT2D eigenvalue weighted by atomic mass is 9.65. The summed E-state index contributed by atoms with van der Waals surface area (Å²) in [6, 6.07) is 31.4. The van der Waals surface area contributed by atoms with E-state index in [1.165, 1.54) is 0 Å². The Labute approximate surface area is 174 Å². The molecule has 0 aliphatic carbocycles. The molecule has 4 aromatic rings. The summed E-state index contributed by atoms with van der Waals surface area (Å²) >= 11 is 6.18. The third kappa shape index (κ3) is 3.41. The van der Waals surface area contributed by atoms with Gasteiger partial charge >= 0.3 is 5.97 Å². The van der Waals surface area contributed by atoms with Crippen LogP contribution < -0.4 is 0 Å². The fraction of sp³-hybridized carbons (Fsp3) is 0.0400. The number of carboxylic acids is 1. The molecule has 0 fully saturated rings. The Hall–Kier alpha value is -3.43. The number of carbonyl (C=O) groups is 1. The van der Waals surface area contributed by atoms with Crippen molar-refractivity contribution in [2.45, 2.75) is 5.41 Å². The number of halogens is 1. The molecule has 0 radical (unpaired) electrons. The average molecular weight is 400 g/mol. The monoisotopic (exact) mass is 399 g/mol. The Kier molecular flexibility index (Phi) is 5.15. The Morgan fingerprint density at radius 1 is 0.690 bits per heavy atom. The number of hydrogen-bond donors (Lipinski definition) is 1. The largest absolute Gasteiger partial charge is 0.477 e. The summed E-state index contributed by atoms with van der Waals surface area (Å²) < 4.78 is 0. The van der Waals surface area contributed by atoms with Gasteiger partial charge in [0.1, 0.15) is 5.69 Å². The molecule has 0 spiro atoms. The molecule has 0 saturated heterocycles. The first-order valence-electron chi connectivity index (χ1n) is 9.19. The maximum atomic E-state index is 11.3. The topological polar surface area (TPSA) is 50.2 Å². The summed E-state index contributed by atoms with van der Waals surface area (Å²) in [5, 5.41) is 9.94. The number of hydrogen-bond acceptors (Lipinski definition) is 2. The molecule has 3 aromatic carbocycles. The van der Waals surface area contributed by atoms with Crippen molar-refractivity contribution in [3.8, 4) is 0 Å². The van der Waals surface area contributed by atoms with E-state index in [-0.39, 0.29) is 5.69 Å². The van der Waals surface area contributed by atoms with Gasteiger partial charge in [0.15, 0.2) is 0 Å². The molecule has 0 saturated carbocycles. The molecule has 3 nitrogen and oxygen atoms in total. The molecule has 4 heteroatoms.